The van der Waals surface area contributed by atoms with Gasteiger partial charge in [-0.15, -0.1) is 10.2 Å². The minimum absolute atomic E-state index is 0.0304. The fraction of sp³-hybridized carbons (Fsp3) is 0.381. The number of rotatable bonds is 10. The van der Waals surface area contributed by atoms with Crippen LogP contribution in [0.15, 0.2) is 51.5 Å². The molecule has 0 fully saturated rings. The van der Waals surface area contributed by atoms with E-state index in [1.54, 1.807) is 18.4 Å². The first-order valence-corrected chi connectivity index (χ1v) is 9.66. The second kappa shape index (κ2) is 9.85. The van der Waals surface area contributed by atoms with Gasteiger partial charge in [0.1, 0.15) is 0 Å². The van der Waals surface area contributed by atoms with E-state index in [1.165, 1.54) is 11.1 Å². The quantitative estimate of drug-likeness (QED) is 0.558. The molecule has 1 unspecified atom stereocenters. The Hall–Kier alpha value is -2.93. The van der Waals surface area contributed by atoms with Crippen LogP contribution < -0.4 is 10.2 Å². The summed E-state index contributed by atoms with van der Waals surface area (Å²) >= 11 is 0. The lowest BCUT2D eigenvalue weighted by Gasteiger charge is -2.16. The molecular weight excluding hydrogens is 356 g/mol. The molecule has 0 aliphatic rings. The Labute approximate surface area is 164 Å². The molecule has 1 amide bonds. The van der Waals surface area contributed by atoms with Gasteiger partial charge in [-0.05, 0) is 43.0 Å². The van der Waals surface area contributed by atoms with Crippen molar-refractivity contribution in [1.29, 1.82) is 0 Å². The highest BCUT2D eigenvalue weighted by Crippen LogP contribution is 2.17. The number of benzene rings is 1. The second-order valence-electron chi connectivity index (χ2n) is 6.86. The van der Waals surface area contributed by atoms with E-state index >= 15 is 0 Å². The van der Waals surface area contributed by atoms with Crippen molar-refractivity contribution in [2.24, 2.45) is 0 Å². The molecule has 28 heavy (non-hydrogen) atoms. The van der Waals surface area contributed by atoms with E-state index in [0.29, 0.717) is 37.2 Å². The number of quaternary nitrogens is 1. The largest absolute Gasteiger partial charge is 0.459 e. The lowest BCUT2D eigenvalue weighted by atomic mass is 10.1. The van der Waals surface area contributed by atoms with E-state index in [0.717, 1.165) is 24.3 Å². The van der Waals surface area contributed by atoms with Gasteiger partial charge in [0.25, 0.3) is 17.7 Å². The summed E-state index contributed by atoms with van der Waals surface area (Å²) in [4.78, 5) is 13.5. The zero-order valence-electron chi connectivity index (χ0n) is 16.4. The monoisotopic (exact) mass is 383 g/mol. The number of nitrogens with zero attached hydrogens (tertiary/aromatic N) is 2. The standard InChI is InChI=1S/C21H26N4O3/c1-3-12-25(15-20-23-24-21(28-20)18-9-6-13-27-18)14-19(26)22-11-10-17-8-5-4-7-16(17)2/h4-9,13H,3,10-12,14-15H2,1-2H3,(H,22,26)/p+1. The van der Waals surface area contributed by atoms with E-state index in [2.05, 4.69) is 41.5 Å². The maximum absolute atomic E-state index is 12.4. The van der Waals surface area contributed by atoms with Crippen LogP contribution >= 0.6 is 0 Å². The molecule has 0 aliphatic heterocycles. The Morgan fingerprint density at radius 3 is 2.79 bits per heavy atom. The van der Waals surface area contributed by atoms with Gasteiger partial charge in [-0.3, -0.25) is 4.79 Å². The molecular formula is C21H27N4O3+. The minimum atomic E-state index is 0.0304. The third kappa shape index (κ3) is 5.53. The Morgan fingerprint density at radius 2 is 2.04 bits per heavy atom. The Kier molecular flexibility index (Phi) is 6.97. The number of amides is 1. The number of aryl methyl sites for hydroxylation is 1. The highest BCUT2D eigenvalue weighted by atomic mass is 16.4. The van der Waals surface area contributed by atoms with Crippen molar-refractivity contribution >= 4 is 5.91 Å². The van der Waals surface area contributed by atoms with Crippen molar-refractivity contribution in [1.82, 2.24) is 15.5 Å². The number of hydrogen-bond acceptors (Lipinski definition) is 5. The summed E-state index contributed by atoms with van der Waals surface area (Å²) in [6, 6.07) is 11.8. The van der Waals surface area contributed by atoms with Crippen LogP contribution in [-0.2, 0) is 17.8 Å². The summed E-state index contributed by atoms with van der Waals surface area (Å²) in [5.74, 6) is 1.44. The zero-order chi connectivity index (χ0) is 19.8. The van der Waals surface area contributed by atoms with Crippen molar-refractivity contribution in [2.75, 3.05) is 19.6 Å². The van der Waals surface area contributed by atoms with E-state index in [4.69, 9.17) is 8.83 Å². The normalized spacial score (nSPS) is 12.1. The molecule has 3 rings (SSSR count). The Bertz CT molecular complexity index is 873. The minimum Gasteiger partial charge on any atom is -0.459 e. The van der Waals surface area contributed by atoms with Gasteiger partial charge in [0, 0.05) is 6.54 Å². The van der Waals surface area contributed by atoms with Crippen molar-refractivity contribution < 1.29 is 18.5 Å². The van der Waals surface area contributed by atoms with Crippen molar-refractivity contribution in [3.8, 4) is 11.7 Å². The molecule has 1 atom stereocenters. The van der Waals surface area contributed by atoms with Crippen LogP contribution in [0.1, 0.15) is 30.4 Å². The number of hydrogen-bond donors (Lipinski definition) is 2. The maximum Gasteiger partial charge on any atom is 0.283 e. The van der Waals surface area contributed by atoms with Crippen LogP contribution in [0.3, 0.4) is 0 Å². The van der Waals surface area contributed by atoms with Crippen LogP contribution in [-0.4, -0.2) is 35.7 Å². The molecule has 0 spiro atoms. The number of carbonyl (C=O) groups is 1. The van der Waals surface area contributed by atoms with Gasteiger partial charge < -0.3 is 19.1 Å². The first kappa shape index (κ1) is 19.8. The van der Waals surface area contributed by atoms with Crippen molar-refractivity contribution in [2.45, 2.75) is 33.2 Å². The molecule has 2 heterocycles. The molecule has 0 aliphatic carbocycles. The van der Waals surface area contributed by atoms with Gasteiger partial charge in [-0.25, -0.2) is 0 Å². The molecule has 7 heteroatoms. The summed E-state index contributed by atoms with van der Waals surface area (Å²) < 4.78 is 10.9. The lowest BCUT2D eigenvalue weighted by Crippen LogP contribution is -3.12. The molecule has 2 aromatic heterocycles. The van der Waals surface area contributed by atoms with E-state index in [1.807, 2.05) is 12.1 Å². The highest BCUT2D eigenvalue weighted by Gasteiger charge is 2.19. The van der Waals surface area contributed by atoms with Gasteiger partial charge in [-0.2, -0.15) is 0 Å². The van der Waals surface area contributed by atoms with Crippen LogP contribution in [0, 0.1) is 6.92 Å². The molecule has 0 saturated heterocycles. The third-order valence-electron chi connectivity index (χ3n) is 4.59. The lowest BCUT2D eigenvalue weighted by molar-refractivity contribution is -0.907. The average molecular weight is 383 g/mol. The first-order chi connectivity index (χ1) is 13.7. The van der Waals surface area contributed by atoms with Crippen LogP contribution in [0.5, 0.6) is 0 Å². The van der Waals surface area contributed by atoms with Gasteiger partial charge in [0.05, 0.1) is 12.8 Å². The fourth-order valence-corrected chi connectivity index (χ4v) is 3.15. The number of carbonyl (C=O) groups excluding carboxylic acids is 1. The smallest absolute Gasteiger partial charge is 0.283 e. The van der Waals surface area contributed by atoms with E-state index in [9.17, 15) is 4.79 Å². The molecule has 0 radical (unpaired) electrons. The Morgan fingerprint density at radius 1 is 1.18 bits per heavy atom. The summed E-state index contributed by atoms with van der Waals surface area (Å²) in [6.45, 7) is 6.55. The van der Waals surface area contributed by atoms with Crippen LogP contribution in [0.25, 0.3) is 11.7 Å². The zero-order valence-corrected chi connectivity index (χ0v) is 16.4. The maximum atomic E-state index is 12.4. The van der Waals surface area contributed by atoms with Crippen LogP contribution in [0.4, 0.5) is 0 Å². The predicted molar refractivity (Wildman–Crippen MR) is 105 cm³/mol. The van der Waals surface area contributed by atoms with E-state index < -0.39 is 0 Å². The number of aromatic nitrogens is 2. The molecule has 148 valence electrons. The topological polar surface area (TPSA) is 85.6 Å². The van der Waals surface area contributed by atoms with Crippen molar-refractivity contribution in [3.05, 3.63) is 59.7 Å². The van der Waals surface area contributed by atoms with Gasteiger partial charge in [0.2, 0.25) is 0 Å². The molecule has 7 nitrogen and oxygen atoms in total. The van der Waals surface area contributed by atoms with Gasteiger partial charge >= 0.3 is 0 Å². The molecule has 2 N–H and O–H groups in total. The van der Waals surface area contributed by atoms with Crippen molar-refractivity contribution in [3.63, 3.8) is 0 Å². The summed E-state index contributed by atoms with van der Waals surface area (Å²) in [5, 5.41) is 11.1. The summed E-state index contributed by atoms with van der Waals surface area (Å²) in [7, 11) is 0. The van der Waals surface area contributed by atoms with Gasteiger partial charge in [0.15, 0.2) is 18.8 Å². The molecule has 0 bridgehead atoms. The fourth-order valence-electron chi connectivity index (χ4n) is 3.15. The summed E-state index contributed by atoms with van der Waals surface area (Å²) in [5.41, 5.74) is 2.51. The molecule has 1 aromatic carbocycles. The summed E-state index contributed by atoms with van der Waals surface area (Å²) in [6.07, 6.45) is 3.36. The average Bonchev–Trinajstić information content (AvgIpc) is 3.35. The van der Waals surface area contributed by atoms with Crippen LogP contribution in [0.2, 0.25) is 0 Å². The highest BCUT2D eigenvalue weighted by molar-refractivity contribution is 5.76. The van der Waals surface area contributed by atoms with Gasteiger partial charge in [-0.1, -0.05) is 31.2 Å². The number of nitrogens with one attached hydrogen (secondary N) is 2. The second-order valence-corrected chi connectivity index (χ2v) is 6.86. The first-order valence-electron chi connectivity index (χ1n) is 9.66. The third-order valence-corrected chi connectivity index (χ3v) is 4.59. The number of furan rings is 1. The SMILES string of the molecule is CCC[NH+](CC(=O)NCCc1ccccc1C)Cc1nnc(-c2ccco2)o1. The van der Waals surface area contributed by atoms with E-state index in [-0.39, 0.29) is 5.91 Å². The predicted octanol–water partition coefficient (Wildman–Crippen LogP) is 1.79. The molecule has 0 saturated carbocycles. The Balaban J connectivity index is 1.49. The molecule has 3 aromatic rings.